The first-order chi connectivity index (χ1) is 18.0. The van der Waals surface area contributed by atoms with Crippen LogP contribution in [-0.2, 0) is 32.0 Å². The molecule has 2 aromatic rings. The minimum Gasteiger partial charge on any atom is -0.508 e. The van der Waals surface area contributed by atoms with Crippen LogP contribution in [-0.4, -0.2) is 91.3 Å². The quantitative estimate of drug-likeness (QED) is 0.134. The van der Waals surface area contributed by atoms with E-state index in [-0.39, 0.29) is 25.0 Å². The summed E-state index contributed by atoms with van der Waals surface area (Å²) in [5.74, 6) is -3.03. The van der Waals surface area contributed by atoms with Gasteiger partial charge in [-0.1, -0.05) is 12.1 Å². The summed E-state index contributed by atoms with van der Waals surface area (Å²) in [5.41, 5.74) is 7.15. The number of amides is 3. The highest BCUT2D eigenvalue weighted by Gasteiger charge is 2.32. The number of carboxylic acids is 1. The van der Waals surface area contributed by atoms with Gasteiger partial charge in [0.2, 0.25) is 17.7 Å². The number of aromatic nitrogens is 2. The molecule has 2 rings (SSSR count). The highest BCUT2D eigenvalue weighted by molar-refractivity contribution is 7.98. The van der Waals surface area contributed by atoms with E-state index < -0.39 is 54.0 Å². The number of phenols is 1. The molecule has 0 bridgehead atoms. The van der Waals surface area contributed by atoms with Gasteiger partial charge in [0.15, 0.2) is 0 Å². The number of imidazole rings is 1. The highest BCUT2D eigenvalue weighted by atomic mass is 32.2. The van der Waals surface area contributed by atoms with Crippen molar-refractivity contribution in [2.45, 2.75) is 56.5 Å². The smallest absolute Gasteiger partial charge is 0.326 e. The van der Waals surface area contributed by atoms with Gasteiger partial charge < -0.3 is 42.0 Å². The van der Waals surface area contributed by atoms with Gasteiger partial charge in [0.25, 0.3) is 0 Å². The Hall–Kier alpha value is -3.62. The summed E-state index contributed by atoms with van der Waals surface area (Å²) in [7, 11) is 0. The normalized spacial score (nSPS) is 14.9. The Morgan fingerprint density at radius 3 is 2.24 bits per heavy atom. The van der Waals surface area contributed by atoms with Gasteiger partial charge in [-0.25, -0.2) is 9.78 Å². The molecule has 5 atom stereocenters. The van der Waals surface area contributed by atoms with Gasteiger partial charge in [-0.2, -0.15) is 11.8 Å². The van der Waals surface area contributed by atoms with Gasteiger partial charge in [-0.3, -0.25) is 14.4 Å². The molecule has 0 fully saturated rings. The van der Waals surface area contributed by atoms with Crippen molar-refractivity contribution in [3.63, 3.8) is 0 Å². The van der Waals surface area contributed by atoms with Gasteiger partial charge in [-0.05, 0) is 43.0 Å². The van der Waals surface area contributed by atoms with E-state index in [1.54, 1.807) is 0 Å². The third kappa shape index (κ3) is 9.68. The Morgan fingerprint density at radius 1 is 1.03 bits per heavy atom. The van der Waals surface area contributed by atoms with Gasteiger partial charge in [-0.15, -0.1) is 0 Å². The SMILES string of the molecule is CSCCC(NC(=O)C(N)Cc1cnc[nH]1)C(=O)NC(C(=O)NC(Cc1ccc(O)cc1)C(=O)O)C(C)O. The monoisotopic (exact) mass is 550 g/mol. The van der Waals surface area contributed by atoms with E-state index >= 15 is 0 Å². The molecule has 0 saturated heterocycles. The molecule has 38 heavy (non-hydrogen) atoms. The molecule has 0 radical (unpaired) electrons. The summed E-state index contributed by atoms with van der Waals surface area (Å²) in [4.78, 5) is 57.1. The number of nitrogens with two attached hydrogens (primary N) is 1. The summed E-state index contributed by atoms with van der Waals surface area (Å²) in [6, 6.07) is 0.936. The topological polar surface area (TPSA) is 220 Å². The zero-order valence-electron chi connectivity index (χ0n) is 21.1. The first-order valence-corrected chi connectivity index (χ1v) is 13.2. The number of H-pyrrole nitrogens is 1. The molecule has 1 aromatic heterocycles. The number of carbonyl (C=O) groups is 4. The summed E-state index contributed by atoms with van der Waals surface area (Å²) in [6.45, 7) is 1.27. The maximum absolute atomic E-state index is 13.1. The van der Waals surface area contributed by atoms with Crippen LogP contribution in [0.1, 0.15) is 24.6 Å². The number of nitrogens with one attached hydrogen (secondary N) is 4. The molecule has 13 nitrogen and oxygen atoms in total. The van der Waals surface area contributed by atoms with Crippen molar-refractivity contribution in [3.8, 4) is 5.75 Å². The minimum absolute atomic E-state index is 0.00641. The first kappa shape index (κ1) is 30.6. The second-order valence-electron chi connectivity index (χ2n) is 8.73. The molecule has 5 unspecified atom stereocenters. The van der Waals surface area contributed by atoms with Crippen molar-refractivity contribution in [1.29, 1.82) is 0 Å². The number of phenolic OH excluding ortho intramolecular Hbond substituents is 1. The fourth-order valence-corrected chi connectivity index (χ4v) is 3.97. The third-order valence-corrected chi connectivity index (χ3v) is 6.27. The number of aliphatic hydroxyl groups is 1. The van der Waals surface area contributed by atoms with E-state index in [0.29, 0.717) is 17.0 Å². The molecule has 1 aromatic carbocycles. The molecule has 0 spiro atoms. The van der Waals surface area contributed by atoms with E-state index in [9.17, 15) is 34.5 Å². The minimum atomic E-state index is -1.49. The van der Waals surface area contributed by atoms with Crippen LogP contribution in [0.3, 0.4) is 0 Å². The summed E-state index contributed by atoms with van der Waals surface area (Å²) >= 11 is 1.45. The van der Waals surface area contributed by atoms with E-state index in [2.05, 4.69) is 25.9 Å². The highest BCUT2D eigenvalue weighted by Crippen LogP contribution is 2.12. The van der Waals surface area contributed by atoms with E-state index in [1.807, 2.05) is 6.26 Å². The fourth-order valence-electron chi connectivity index (χ4n) is 3.50. The number of aromatic hydroxyl groups is 1. The lowest BCUT2D eigenvalue weighted by atomic mass is 10.0. The number of carboxylic acid groups (broad SMARTS) is 1. The zero-order valence-corrected chi connectivity index (χ0v) is 21.9. The summed E-state index contributed by atoms with van der Waals surface area (Å²) in [6.07, 6.45) is 3.73. The number of thioether (sulfide) groups is 1. The molecule has 1 heterocycles. The van der Waals surface area contributed by atoms with Crippen LogP contribution in [0.5, 0.6) is 5.75 Å². The van der Waals surface area contributed by atoms with Gasteiger partial charge in [0, 0.05) is 24.7 Å². The van der Waals surface area contributed by atoms with E-state index in [1.165, 1.54) is 55.5 Å². The Bertz CT molecular complexity index is 1060. The number of aromatic amines is 1. The third-order valence-electron chi connectivity index (χ3n) is 5.63. The number of hydrogen-bond acceptors (Lipinski definition) is 9. The Morgan fingerprint density at radius 2 is 1.68 bits per heavy atom. The number of hydrogen-bond donors (Lipinski definition) is 8. The average molecular weight is 551 g/mol. The average Bonchev–Trinajstić information content (AvgIpc) is 3.38. The Balaban J connectivity index is 2.08. The molecule has 0 aliphatic rings. The number of aliphatic carboxylic acids is 1. The van der Waals surface area contributed by atoms with Crippen LogP contribution in [0.4, 0.5) is 0 Å². The Kier molecular flexibility index (Phi) is 12.0. The van der Waals surface area contributed by atoms with Crippen LogP contribution < -0.4 is 21.7 Å². The number of rotatable bonds is 15. The lowest BCUT2D eigenvalue weighted by molar-refractivity contribution is -0.143. The molecule has 9 N–H and O–H groups in total. The van der Waals surface area contributed by atoms with Crippen molar-refractivity contribution >= 4 is 35.5 Å². The second kappa shape index (κ2) is 15.0. The predicted octanol–water partition coefficient (Wildman–Crippen LogP) is -1.10. The summed E-state index contributed by atoms with van der Waals surface area (Å²) in [5, 5.41) is 36.6. The molecular weight excluding hydrogens is 516 g/mol. The van der Waals surface area contributed by atoms with Crippen molar-refractivity contribution < 1.29 is 34.5 Å². The molecule has 14 heteroatoms. The summed E-state index contributed by atoms with van der Waals surface area (Å²) < 4.78 is 0. The number of nitrogens with zero attached hydrogens (tertiary/aromatic N) is 1. The number of benzene rings is 1. The van der Waals surface area contributed by atoms with Crippen molar-refractivity contribution in [1.82, 2.24) is 25.9 Å². The molecule has 0 aliphatic heterocycles. The fraction of sp³-hybridized carbons (Fsp3) is 0.458. The van der Waals surface area contributed by atoms with Crippen LogP contribution >= 0.6 is 11.8 Å². The van der Waals surface area contributed by atoms with Crippen LogP contribution in [0.15, 0.2) is 36.8 Å². The molecule has 3 amide bonds. The first-order valence-electron chi connectivity index (χ1n) is 11.8. The van der Waals surface area contributed by atoms with Gasteiger partial charge >= 0.3 is 5.97 Å². The van der Waals surface area contributed by atoms with Crippen LogP contribution in [0, 0.1) is 0 Å². The van der Waals surface area contributed by atoms with E-state index in [0.717, 1.165) is 0 Å². The lowest BCUT2D eigenvalue weighted by Crippen LogP contribution is -2.60. The van der Waals surface area contributed by atoms with E-state index in [4.69, 9.17) is 5.73 Å². The number of aliphatic hydroxyl groups excluding tert-OH is 1. The van der Waals surface area contributed by atoms with Crippen molar-refractivity contribution in [3.05, 3.63) is 48.0 Å². The Labute approximate surface area is 224 Å². The van der Waals surface area contributed by atoms with Crippen LogP contribution in [0.25, 0.3) is 0 Å². The predicted molar refractivity (Wildman–Crippen MR) is 140 cm³/mol. The van der Waals surface area contributed by atoms with Gasteiger partial charge in [0.1, 0.15) is 23.9 Å². The molecular formula is C24H34N6O7S. The van der Waals surface area contributed by atoms with Crippen LogP contribution in [0.2, 0.25) is 0 Å². The van der Waals surface area contributed by atoms with Crippen molar-refractivity contribution in [2.75, 3.05) is 12.0 Å². The maximum atomic E-state index is 13.1. The van der Waals surface area contributed by atoms with Crippen molar-refractivity contribution in [2.24, 2.45) is 5.73 Å². The lowest BCUT2D eigenvalue weighted by Gasteiger charge is -2.26. The zero-order chi connectivity index (χ0) is 28.2. The second-order valence-corrected chi connectivity index (χ2v) is 9.71. The van der Waals surface area contributed by atoms with Gasteiger partial charge in [0.05, 0.1) is 18.5 Å². The molecule has 0 aliphatic carbocycles. The molecule has 0 saturated carbocycles. The maximum Gasteiger partial charge on any atom is 0.326 e. The standard InChI is InChI=1S/C24H34N6O7S/c1-13(31)20(23(35)29-19(24(36)37)9-14-3-5-16(32)6-4-14)30-22(34)18(7-8-38-2)28-21(33)17(25)10-15-11-26-12-27-15/h3-6,11-13,17-20,31-32H,7-10,25H2,1-2H3,(H,26,27)(H,28,33)(H,29,35)(H,30,34)(H,36,37). The molecule has 208 valence electrons. The number of carbonyl (C=O) groups excluding carboxylic acids is 3. The largest absolute Gasteiger partial charge is 0.508 e.